The first-order chi connectivity index (χ1) is 17.6. The largest absolute Gasteiger partial charge is 0.494 e. The molecule has 0 unspecified atom stereocenters. The number of aryl methyl sites for hydroxylation is 1. The number of fused-ring (bicyclic) bond motifs is 8. The zero-order chi connectivity index (χ0) is 24.7. The number of para-hydroxylation sites is 1. The molecule has 2 aromatic carbocycles. The highest BCUT2D eigenvalue weighted by atomic mass is 16.5. The Kier molecular flexibility index (Phi) is 5.74. The number of amides is 2. The van der Waals surface area contributed by atoms with Crippen LogP contribution in [0, 0.1) is 0 Å². The monoisotopic (exact) mass is 485 g/mol. The smallest absolute Gasteiger partial charge is 0.240 e. The number of rotatable bonds is 3. The Balaban J connectivity index is 1.53. The van der Waals surface area contributed by atoms with Crippen LogP contribution >= 0.6 is 0 Å². The summed E-state index contributed by atoms with van der Waals surface area (Å²) in [7, 11) is 0. The van der Waals surface area contributed by atoms with E-state index in [1.54, 1.807) is 0 Å². The van der Waals surface area contributed by atoms with Crippen LogP contribution in [-0.2, 0) is 28.1 Å². The van der Waals surface area contributed by atoms with Gasteiger partial charge in [-0.3, -0.25) is 14.3 Å². The van der Waals surface area contributed by atoms with Gasteiger partial charge in [0.2, 0.25) is 11.8 Å². The van der Waals surface area contributed by atoms with Crippen LogP contribution in [0.2, 0.25) is 0 Å². The minimum atomic E-state index is -0.854. The number of unbranched alkanes of at least 4 members (excludes halogenated alkanes) is 1. The fraction of sp³-hybridized carbons (Fsp3) is 0.429. The summed E-state index contributed by atoms with van der Waals surface area (Å²) >= 11 is 0. The molecule has 2 atom stereocenters. The Hall–Kier alpha value is -3.68. The zero-order valence-corrected chi connectivity index (χ0v) is 20.6. The maximum absolute atomic E-state index is 14.5. The van der Waals surface area contributed by atoms with Gasteiger partial charge in [0.05, 0.1) is 25.4 Å². The fourth-order valence-corrected chi connectivity index (χ4v) is 6.12. The number of carbonyl (C=O) groups excluding carboxylic acids is 2. The highest BCUT2D eigenvalue weighted by Crippen LogP contribution is 2.57. The van der Waals surface area contributed by atoms with Crippen LogP contribution < -0.4 is 9.64 Å². The van der Waals surface area contributed by atoms with Gasteiger partial charge in [-0.1, -0.05) is 48.9 Å². The van der Waals surface area contributed by atoms with Gasteiger partial charge in [-0.25, -0.2) is 0 Å². The molecule has 0 radical (unpaired) electrons. The lowest BCUT2D eigenvalue weighted by molar-refractivity contribution is -0.134. The Bertz CT molecular complexity index is 1300. The van der Waals surface area contributed by atoms with Gasteiger partial charge in [-0.2, -0.15) is 0 Å². The number of likely N-dealkylation sites (tertiary alicyclic amines) is 1. The molecule has 8 heteroatoms. The topological polar surface area (TPSA) is 80.6 Å². The maximum Gasteiger partial charge on any atom is 0.240 e. The van der Waals surface area contributed by atoms with Crippen LogP contribution in [0.25, 0.3) is 0 Å². The van der Waals surface area contributed by atoms with Crippen LogP contribution in [0.15, 0.2) is 54.7 Å². The van der Waals surface area contributed by atoms with Gasteiger partial charge in [0, 0.05) is 31.6 Å². The third-order valence-corrected chi connectivity index (χ3v) is 7.77. The lowest BCUT2D eigenvalue weighted by Gasteiger charge is -2.35. The van der Waals surface area contributed by atoms with E-state index < -0.39 is 11.5 Å². The molecule has 1 spiro atoms. The molecule has 0 aliphatic carbocycles. The van der Waals surface area contributed by atoms with Crippen molar-refractivity contribution in [2.24, 2.45) is 0 Å². The second kappa shape index (κ2) is 9.08. The number of anilines is 1. The van der Waals surface area contributed by atoms with Crippen molar-refractivity contribution in [2.45, 2.75) is 63.6 Å². The van der Waals surface area contributed by atoms with E-state index in [9.17, 15) is 9.59 Å². The van der Waals surface area contributed by atoms with E-state index in [-0.39, 0.29) is 11.8 Å². The molecule has 36 heavy (non-hydrogen) atoms. The molecule has 2 amide bonds. The summed E-state index contributed by atoms with van der Waals surface area (Å²) in [5, 5.41) is 8.61. The summed E-state index contributed by atoms with van der Waals surface area (Å²) < 4.78 is 7.90. The molecule has 1 fully saturated rings. The minimum absolute atomic E-state index is 0.0234. The SMILES string of the molecule is CCCCC(=O)N1CC[C@]23C(=O)N(Cc4cn(nn4)CCCOc4cccc(c4)[C@H]12)c1ccccc13. The molecular weight excluding hydrogens is 454 g/mol. The highest BCUT2D eigenvalue weighted by molar-refractivity contribution is 6.09. The second-order valence-electron chi connectivity index (χ2n) is 9.97. The summed E-state index contributed by atoms with van der Waals surface area (Å²) in [6, 6.07) is 15.6. The predicted octanol–water partition coefficient (Wildman–Crippen LogP) is 4.01. The molecule has 1 saturated heterocycles. The lowest BCUT2D eigenvalue weighted by atomic mass is 9.72. The van der Waals surface area contributed by atoms with Crippen LogP contribution in [0.3, 0.4) is 0 Å². The van der Waals surface area contributed by atoms with Crippen molar-refractivity contribution in [2.75, 3.05) is 18.1 Å². The Morgan fingerprint density at radius 2 is 2.06 bits per heavy atom. The summed E-state index contributed by atoms with van der Waals surface area (Å²) in [4.78, 5) is 31.8. The van der Waals surface area contributed by atoms with Gasteiger partial charge < -0.3 is 14.5 Å². The first-order valence-electron chi connectivity index (χ1n) is 12.9. The van der Waals surface area contributed by atoms with E-state index in [1.165, 1.54) is 0 Å². The molecule has 0 N–H and O–H groups in total. The number of benzene rings is 2. The van der Waals surface area contributed by atoms with Crippen LogP contribution in [-0.4, -0.2) is 44.9 Å². The van der Waals surface area contributed by atoms with E-state index in [0.717, 1.165) is 47.5 Å². The third kappa shape index (κ3) is 3.58. The molecule has 6 rings (SSSR count). The maximum atomic E-state index is 14.5. The summed E-state index contributed by atoms with van der Waals surface area (Å²) in [5.41, 5.74) is 2.71. The van der Waals surface area contributed by atoms with Crippen molar-refractivity contribution >= 4 is 17.5 Å². The normalized spacial score (nSPS) is 22.9. The molecule has 8 nitrogen and oxygen atoms in total. The summed E-state index contributed by atoms with van der Waals surface area (Å²) in [5.74, 6) is 0.880. The average molecular weight is 486 g/mol. The highest BCUT2D eigenvalue weighted by Gasteiger charge is 2.61. The Labute approximate surface area is 210 Å². The van der Waals surface area contributed by atoms with Crippen molar-refractivity contribution in [3.63, 3.8) is 0 Å². The third-order valence-electron chi connectivity index (χ3n) is 7.77. The molecule has 3 aliphatic rings. The molecule has 186 valence electrons. The van der Waals surface area contributed by atoms with E-state index >= 15 is 0 Å². The van der Waals surface area contributed by atoms with Crippen LogP contribution in [0.1, 0.15) is 61.9 Å². The molecule has 6 bridgehead atoms. The molecular formula is C28H31N5O3. The molecule has 0 saturated carbocycles. The quantitative estimate of drug-likeness (QED) is 0.560. The van der Waals surface area contributed by atoms with Gasteiger partial charge in [0.15, 0.2) is 0 Å². The standard InChI is InChI=1S/C28H31N5O3/c1-2-3-12-25(34)32-15-13-28-23-10-4-5-11-24(23)33(27(28)35)19-21-18-31(30-29-21)14-7-16-36-22-9-6-8-20(17-22)26(28)32/h4-6,8-11,17-18,26H,2-3,7,12-16,19H2,1H3/t26-,28+/m0/s1. The van der Waals surface area contributed by atoms with Crippen molar-refractivity contribution in [1.29, 1.82) is 0 Å². The Morgan fingerprint density at radius 1 is 1.17 bits per heavy atom. The molecule has 3 aromatic rings. The predicted molar refractivity (Wildman–Crippen MR) is 134 cm³/mol. The van der Waals surface area contributed by atoms with E-state index in [0.29, 0.717) is 39.1 Å². The minimum Gasteiger partial charge on any atom is -0.494 e. The zero-order valence-electron chi connectivity index (χ0n) is 20.6. The number of hydrogen-bond donors (Lipinski definition) is 0. The van der Waals surface area contributed by atoms with Crippen molar-refractivity contribution in [3.05, 3.63) is 71.5 Å². The van der Waals surface area contributed by atoms with Gasteiger partial charge in [-0.05, 0) is 42.2 Å². The second-order valence-corrected chi connectivity index (χ2v) is 9.97. The number of nitrogens with zero attached hydrogens (tertiary/aromatic N) is 5. The summed E-state index contributed by atoms with van der Waals surface area (Å²) in [6.45, 7) is 4.21. The van der Waals surface area contributed by atoms with Gasteiger partial charge >= 0.3 is 0 Å². The van der Waals surface area contributed by atoms with E-state index in [4.69, 9.17) is 4.74 Å². The number of carbonyl (C=O) groups is 2. The van der Waals surface area contributed by atoms with Gasteiger partial charge in [0.1, 0.15) is 16.9 Å². The van der Waals surface area contributed by atoms with Crippen molar-refractivity contribution < 1.29 is 14.3 Å². The van der Waals surface area contributed by atoms with Crippen molar-refractivity contribution in [3.8, 4) is 5.75 Å². The van der Waals surface area contributed by atoms with E-state index in [2.05, 4.69) is 23.3 Å². The van der Waals surface area contributed by atoms with Crippen LogP contribution in [0.4, 0.5) is 5.69 Å². The number of ether oxygens (including phenoxy) is 1. The first-order valence-corrected chi connectivity index (χ1v) is 12.9. The summed E-state index contributed by atoms with van der Waals surface area (Å²) in [6.07, 6.45) is 5.56. The van der Waals surface area contributed by atoms with Crippen LogP contribution in [0.5, 0.6) is 5.75 Å². The lowest BCUT2D eigenvalue weighted by Crippen LogP contribution is -2.45. The number of hydrogen-bond acceptors (Lipinski definition) is 5. The van der Waals surface area contributed by atoms with Gasteiger partial charge in [-0.15, -0.1) is 5.10 Å². The van der Waals surface area contributed by atoms with Gasteiger partial charge in [0.25, 0.3) is 0 Å². The Morgan fingerprint density at radius 3 is 2.94 bits per heavy atom. The average Bonchev–Trinajstić information content (AvgIpc) is 3.58. The van der Waals surface area contributed by atoms with Crippen molar-refractivity contribution in [1.82, 2.24) is 19.9 Å². The first kappa shape index (κ1) is 22.8. The fourth-order valence-electron chi connectivity index (χ4n) is 6.12. The molecule has 4 heterocycles. The number of aromatic nitrogens is 3. The van der Waals surface area contributed by atoms with E-state index in [1.807, 2.05) is 63.1 Å². The molecule has 3 aliphatic heterocycles. The molecule has 1 aromatic heterocycles.